The van der Waals surface area contributed by atoms with Crippen LogP contribution in [-0.2, 0) is 11.4 Å². The molecule has 0 amide bonds. The molecule has 0 spiro atoms. The molecule has 1 fully saturated rings. The summed E-state index contributed by atoms with van der Waals surface area (Å²) in [6.45, 7) is 0.397. The number of rotatable bonds is 5. The van der Waals surface area contributed by atoms with E-state index in [-0.39, 0.29) is 0 Å². The van der Waals surface area contributed by atoms with Crippen molar-refractivity contribution in [1.29, 1.82) is 0 Å². The summed E-state index contributed by atoms with van der Waals surface area (Å²) < 4.78 is 0. The minimum absolute atomic E-state index is 0.397. The van der Waals surface area contributed by atoms with E-state index in [1.54, 1.807) is 0 Å². The molecule has 0 N–H and O–H groups in total. The Labute approximate surface area is 143 Å². The summed E-state index contributed by atoms with van der Waals surface area (Å²) in [5.74, 6) is 0.730. The Hall–Kier alpha value is -1.80. The van der Waals surface area contributed by atoms with Crippen LogP contribution in [0.15, 0.2) is 53.7 Å². The zero-order chi connectivity index (χ0) is 15.9. The van der Waals surface area contributed by atoms with Crippen molar-refractivity contribution >= 4 is 17.8 Å². The van der Waals surface area contributed by atoms with Gasteiger partial charge < -0.3 is 4.84 Å². The van der Waals surface area contributed by atoms with Crippen LogP contribution in [0.3, 0.4) is 0 Å². The van der Waals surface area contributed by atoms with E-state index in [0.29, 0.717) is 11.6 Å². The van der Waals surface area contributed by atoms with Gasteiger partial charge in [0.15, 0.2) is 0 Å². The lowest BCUT2D eigenvalue weighted by Crippen LogP contribution is -2.04. The summed E-state index contributed by atoms with van der Waals surface area (Å²) >= 11 is 5.93. The number of hydrogen-bond acceptors (Lipinski definition) is 2. The minimum Gasteiger partial charge on any atom is -0.390 e. The maximum Gasteiger partial charge on any atom is 0.142 e. The molecule has 23 heavy (non-hydrogen) atoms. The molecule has 3 rings (SSSR count). The first kappa shape index (κ1) is 16.1. The SMILES string of the molecule is Clc1cccc(CO/N=[C]\c2ccc(C3CCCCC3)cc2)c1. The van der Waals surface area contributed by atoms with Crippen LogP contribution in [0, 0.1) is 0 Å². The van der Waals surface area contributed by atoms with Crippen molar-refractivity contribution < 1.29 is 4.84 Å². The van der Waals surface area contributed by atoms with Crippen molar-refractivity contribution in [3.8, 4) is 0 Å². The van der Waals surface area contributed by atoms with E-state index in [1.807, 2.05) is 24.3 Å². The number of halogens is 1. The van der Waals surface area contributed by atoms with Crippen LogP contribution in [0.2, 0.25) is 5.02 Å². The van der Waals surface area contributed by atoms with Crippen molar-refractivity contribution in [2.24, 2.45) is 5.16 Å². The first-order valence-electron chi connectivity index (χ1n) is 8.24. The molecule has 0 unspecified atom stereocenters. The van der Waals surface area contributed by atoms with Gasteiger partial charge in [-0.15, -0.1) is 0 Å². The second-order valence-corrected chi connectivity index (χ2v) is 6.50. The predicted molar refractivity (Wildman–Crippen MR) is 95.0 cm³/mol. The molecule has 119 valence electrons. The largest absolute Gasteiger partial charge is 0.390 e. The lowest BCUT2D eigenvalue weighted by atomic mass is 9.84. The van der Waals surface area contributed by atoms with Gasteiger partial charge in [-0.3, -0.25) is 0 Å². The normalized spacial score (nSPS) is 15.9. The Kier molecular flexibility index (Phi) is 5.71. The average molecular weight is 327 g/mol. The average Bonchev–Trinajstić information content (AvgIpc) is 2.60. The molecule has 0 atom stereocenters. The molecular formula is C20H21ClNO. The number of nitrogens with zero attached hydrogens (tertiary/aromatic N) is 1. The molecule has 3 heteroatoms. The quantitative estimate of drug-likeness (QED) is 0.501. The monoisotopic (exact) mass is 326 g/mol. The first-order chi connectivity index (χ1) is 11.3. The Bertz CT molecular complexity index is 645. The van der Waals surface area contributed by atoms with Crippen molar-refractivity contribution in [1.82, 2.24) is 0 Å². The van der Waals surface area contributed by atoms with Gasteiger partial charge in [0.1, 0.15) is 12.8 Å². The van der Waals surface area contributed by atoms with Crippen molar-refractivity contribution in [3.63, 3.8) is 0 Å². The Balaban J connectivity index is 1.51. The lowest BCUT2D eigenvalue weighted by Gasteiger charge is -2.21. The van der Waals surface area contributed by atoms with Crippen molar-refractivity contribution in [2.75, 3.05) is 0 Å². The Morgan fingerprint density at radius 3 is 2.57 bits per heavy atom. The second-order valence-electron chi connectivity index (χ2n) is 6.06. The second kappa shape index (κ2) is 8.16. The standard InChI is InChI=1S/C20H21ClNO/c21-20-8-4-5-17(13-20)15-23-22-14-16-9-11-19(12-10-16)18-6-2-1-3-7-18/h4-5,8-13,18H,1-3,6-7,15H2. The van der Waals surface area contributed by atoms with E-state index in [4.69, 9.17) is 16.4 Å². The van der Waals surface area contributed by atoms with Gasteiger partial charge in [0.2, 0.25) is 0 Å². The Morgan fingerprint density at radius 2 is 1.83 bits per heavy atom. The molecule has 0 aliphatic heterocycles. The van der Waals surface area contributed by atoms with Gasteiger partial charge in [-0.2, -0.15) is 0 Å². The highest BCUT2D eigenvalue weighted by Crippen LogP contribution is 2.32. The zero-order valence-electron chi connectivity index (χ0n) is 13.2. The third kappa shape index (κ3) is 4.84. The molecule has 0 bridgehead atoms. The summed E-state index contributed by atoms with van der Waals surface area (Å²) in [6, 6.07) is 16.1. The van der Waals surface area contributed by atoms with Gasteiger partial charge >= 0.3 is 0 Å². The summed E-state index contributed by atoms with van der Waals surface area (Å²) in [7, 11) is 0. The van der Waals surface area contributed by atoms with Crippen LogP contribution in [0.5, 0.6) is 0 Å². The highest BCUT2D eigenvalue weighted by molar-refractivity contribution is 6.30. The summed E-state index contributed by atoms with van der Waals surface area (Å²) in [5.41, 5.74) is 3.38. The topological polar surface area (TPSA) is 21.6 Å². The molecular weight excluding hydrogens is 306 g/mol. The minimum atomic E-state index is 0.397. The van der Waals surface area contributed by atoms with E-state index >= 15 is 0 Å². The highest BCUT2D eigenvalue weighted by atomic mass is 35.5. The summed E-state index contributed by atoms with van der Waals surface area (Å²) in [6.07, 6.45) is 9.67. The van der Waals surface area contributed by atoms with Crippen LogP contribution >= 0.6 is 11.6 Å². The smallest absolute Gasteiger partial charge is 0.142 e. The van der Waals surface area contributed by atoms with Gasteiger partial charge in [-0.05, 0) is 42.0 Å². The molecule has 0 heterocycles. The van der Waals surface area contributed by atoms with Crippen LogP contribution in [0.4, 0.5) is 0 Å². The summed E-state index contributed by atoms with van der Waals surface area (Å²) in [4.78, 5) is 5.28. The van der Waals surface area contributed by atoms with E-state index in [1.165, 1.54) is 37.7 Å². The van der Waals surface area contributed by atoms with Gasteiger partial charge in [0.25, 0.3) is 0 Å². The molecule has 0 aromatic heterocycles. The van der Waals surface area contributed by atoms with Gasteiger partial charge in [0.05, 0.1) is 0 Å². The van der Waals surface area contributed by atoms with E-state index in [2.05, 4.69) is 35.6 Å². The molecule has 0 saturated heterocycles. The van der Waals surface area contributed by atoms with E-state index in [9.17, 15) is 0 Å². The van der Waals surface area contributed by atoms with E-state index < -0.39 is 0 Å². The highest BCUT2D eigenvalue weighted by Gasteiger charge is 2.14. The fraction of sp³-hybridized carbons (Fsp3) is 0.350. The van der Waals surface area contributed by atoms with Crippen LogP contribution in [0.25, 0.3) is 0 Å². The molecule has 2 aromatic rings. The van der Waals surface area contributed by atoms with Gasteiger partial charge in [0, 0.05) is 10.6 Å². The molecule has 1 saturated carbocycles. The fourth-order valence-corrected chi connectivity index (χ4v) is 3.30. The third-order valence-corrected chi connectivity index (χ3v) is 4.58. The molecule has 2 nitrogen and oxygen atoms in total. The first-order valence-corrected chi connectivity index (χ1v) is 8.61. The lowest BCUT2D eigenvalue weighted by molar-refractivity contribution is 0.132. The van der Waals surface area contributed by atoms with Crippen LogP contribution in [0.1, 0.15) is 54.7 Å². The van der Waals surface area contributed by atoms with Crippen LogP contribution in [-0.4, -0.2) is 6.21 Å². The van der Waals surface area contributed by atoms with Gasteiger partial charge in [-0.25, -0.2) is 0 Å². The summed E-state index contributed by atoms with van der Waals surface area (Å²) in [5, 5.41) is 4.62. The zero-order valence-corrected chi connectivity index (χ0v) is 13.9. The maximum absolute atomic E-state index is 5.93. The van der Waals surface area contributed by atoms with Crippen LogP contribution < -0.4 is 0 Å². The molecule has 2 aromatic carbocycles. The number of benzene rings is 2. The molecule has 1 aliphatic rings. The van der Waals surface area contributed by atoms with E-state index in [0.717, 1.165) is 17.0 Å². The maximum atomic E-state index is 5.93. The third-order valence-electron chi connectivity index (χ3n) is 4.35. The van der Waals surface area contributed by atoms with Crippen molar-refractivity contribution in [3.05, 3.63) is 70.2 Å². The van der Waals surface area contributed by atoms with Gasteiger partial charge in [-0.1, -0.05) is 72.4 Å². The predicted octanol–water partition coefficient (Wildman–Crippen LogP) is 5.82. The Morgan fingerprint density at radius 1 is 1.04 bits per heavy atom. The van der Waals surface area contributed by atoms with Crippen molar-refractivity contribution in [2.45, 2.75) is 44.6 Å². The molecule has 1 radical (unpaired) electrons. The molecule has 1 aliphatic carbocycles. The fourth-order valence-electron chi connectivity index (χ4n) is 3.08. The number of hydrogen-bond donors (Lipinski definition) is 0.